The highest BCUT2D eigenvalue weighted by Crippen LogP contribution is 2.13. The molecule has 0 saturated carbocycles. The fraction of sp³-hybridized carbons (Fsp3) is 0.533. The van der Waals surface area contributed by atoms with E-state index in [1.165, 1.54) is 0 Å². The van der Waals surface area contributed by atoms with Crippen LogP contribution in [0.1, 0.15) is 37.0 Å². The highest BCUT2D eigenvalue weighted by atomic mass is 16.4. The van der Waals surface area contributed by atoms with Crippen LogP contribution in [0.25, 0.3) is 0 Å². The van der Waals surface area contributed by atoms with Crippen molar-refractivity contribution in [2.24, 2.45) is 0 Å². The van der Waals surface area contributed by atoms with Crippen molar-refractivity contribution in [2.75, 3.05) is 13.1 Å². The molecule has 0 aliphatic carbocycles. The number of hydrogen-bond donors (Lipinski definition) is 3. The Morgan fingerprint density at radius 3 is 2.29 bits per heavy atom. The van der Waals surface area contributed by atoms with E-state index >= 15 is 0 Å². The van der Waals surface area contributed by atoms with Gasteiger partial charge in [-0.15, -0.1) is 0 Å². The average molecular weight is 290 g/mol. The molecule has 0 aromatic heterocycles. The Kier molecular flexibility index (Phi) is 5.39. The minimum Gasteiger partial charge on any atom is -0.423 e. The van der Waals surface area contributed by atoms with Crippen molar-refractivity contribution in [3.63, 3.8) is 0 Å². The molecule has 0 atom stereocenters. The van der Waals surface area contributed by atoms with Crippen molar-refractivity contribution in [1.29, 1.82) is 0 Å². The largest absolute Gasteiger partial charge is 0.488 e. The second-order valence-corrected chi connectivity index (χ2v) is 5.87. The van der Waals surface area contributed by atoms with Crippen LogP contribution in [0.4, 0.5) is 0 Å². The van der Waals surface area contributed by atoms with Crippen LogP contribution >= 0.6 is 0 Å². The van der Waals surface area contributed by atoms with Crippen LogP contribution in [-0.2, 0) is 0 Å². The summed E-state index contributed by atoms with van der Waals surface area (Å²) >= 11 is 0. The van der Waals surface area contributed by atoms with Gasteiger partial charge in [-0.25, -0.2) is 0 Å². The molecule has 1 saturated heterocycles. The van der Waals surface area contributed by atoms with Crippen LogP contribution < -0.4 is 10.8 Å². The molecule has 1 heterocycles. The van der Waals surface area contributed by atoms with Gasteiger partial charge in [-0.2, -0.15) is 0 Å². The molecule has 6 heteroatoms. The van der Waals surface area contributed by atoms with E-state index in [-0.39, 0.29) is 11.9 Å². The van der Waals surface area contributed by atoms with Crippen LogP contribution in [0.3, 0.4) is 0 Å². The molecule has 0 bridgehead atoms. The molecule has 1 aromatic rings. The first-order valence-electron chi connectivity index (χ1n) is 7.48. The predicted molar refractivity (Wildman–Crippen MR) is 83.5 cm³/mol. The topological polar surface area (TPSA) is 72.8 Å². The molecule has 114 valence electrons. The number of likely N-dealkylation sites (tertiary alicyclic amines) is 1. The molecule has 0 unspecified atom stereocenters. The minimum atomic E-state index is -1.50. The van der Waals surface area contributed by atoms with E-state index in [9.17, 15) is 4.79 Å². The number of nitrogens with one attached hydrogen (secondary N) is 1. The summed E-state index contributed by atoms with van der Waals surface area (Å²) in [5, 5.41) is 21.1. The van der Waals surface area contributed by atoms with Gasteiger partial charge in [0.25, 0.3) is 5.91 Å². The lowest BCUT2D eigenvalue weighted by atomic mass is 9.80. The number of carbonyl (C=O) groups is 1. The molecule has 1 aromatic carbocycles. The zero-order valence-corrected chi connectivity index (χ0v) is 12.6. The van der Waals surface area contributed by atoms with Crippen molar-refractivity contribution in [2.45, 2.75) is 38.8 Å². The summed E-state index contributed by atoms with van der Waals surface area (Å²) in [4.78, 5) is 14.6. The number of rotatable bonds is 4. The van der Waals surface area contributed by atoms with Gasteiger partial charge in [0.1, 0.15) is 0 Å². The number of amides is 1. The molecule has 2 rings (SSSR count). The number of carbonyl (C=O) groups excluding carboxylic acids is 1. The van der Waals surface area contributed by atoms with E-state index < -0.39 is 7.12 Å². The first kappa shape index (κ1) is 16.0. The number of nitrogens with zero attached hydrogens (tertiary/aromatic N) is 1. The smallest absolute Gasteiger partial charge is 0.423 e. The summed E-state index contributed by atoms with van der Waals surface area (Å²) in [6.45, 7) is 6.41. The standard InChI is InChI=1S/C15H23BN2O3/c1-11(2)18-9-7-14(8-10-18)17-15(19)12-3-5-13(6-4-12)16(20)21/h3-6,11,14,20-21H,7-10H2,1-2H3,(H,17,19). The maximum absolute atomic E-state index is 12.2. The van der Waals surface area contributed by atoms with Crippen LogP contribution in [0, 0.1) is 0 Å². The Labute approximate surface area is 126 Å². The lowest BCUT2D eigenvalue weighted by Crippen LogP contribution is -2.46. The van der Waals surface area contributed by atoms with Gasteiger partial charge in [0.05, 0.1) is 0 Å². The Morgan fingerprint density at radius 1 is 1.24 bits per heavy atom. The Balaban J connectivity index is 1.87. The summed E-state index contributed by atoms with van der Waals surface area (Å²) < 4.78 is 0. The molecule has 5 nitrogen and oxygen atoms in total. The summed E-state index contributed by atoms with van der Waals surface area (Å²) in [6.07, 6.45) is 1.94. The molecular formula is C15H23BN2O3. The van der Waals surface area contributed by atoms with Crippen molar-refractivity contribution in [3.8, 4) is 0 Å². The second-order valence-electron chi connectivity index (χ2n) is 5.87. The summed E-state index contributed by atoms with van der Waals surface area (Å²) in [5.41, 5.74) is 0.933. The maximum Gasteiger partial charge on any atom is 0.488 e. The van der Waals surface area contributed by atoms with E-state index in [4.69, 9.17) is 10.0 Å². The van der Waals surface area contributed by atoms with Gasteiger partial charge in [0.15, 0.2) is 0 Å². The van der Waals surface area contributed by atoms with E-state index in [0.29, 0.717) is 17.1 Å². The predicted octanol–water partition coefficient (Wildman–Crippen LogP) is -0.0310. The van der Waals surface area contributed by atoms with Crippen molar-refractivity contribution in [1.82, 2.24) is 10.2 Å². The van der Waals surface area contributed by atoms with Crippen molar-refractivity contribution >= 4 is 18.5 Å². The first-order valence-corrected chi connectivity index (χ1v) is 7.48. The van der Waals surface area contributed by atoms with Crippen molar-refractivity contribution < 1.29 is 14.8 Å². The SMILES string of the molecule is CC(C)N1CCC(NC(=O)c2ccc(B(O)O)cc2)CC1. The van der Waals surface area contributed by atoms with E-state index in [1.54, 1.807) is 24.3 Å². The fourth-order valence-electron chi connectivity index (χ4n) is 2.64. The normalized spacial score (nSPS) is 17.0. The number of hydrogen-bond acceptors (Lipinski definition) is 4. The monoisotopic (exact) mass is 290 g/mol. The van der Waals surface area contributed by atoms with Gasteiger partial charge in [0.2, 0.25) is 0 Å². The van der Waals surface area contributed by atoms with Gasteiger partial charge < -0.3 is 20.3 Å². The second kappa shape index (κ2) is 7.07. The van der Waals surface area contributed by atoms with Crippen LogP contribution in [-0.4, -0.2) is 53.1 Å². The third kappa shape index (κ3) is 4.30. The number of piperidine rings is 1. The molecule has 0 radical (unpaired) electrons. The molecule has 1 aliphatic heterocycles. The zero-order chi connectivity index (χ0) is 15.4. The third-order valence-electron chi connectivity index (χ3n) is 4.07. The van der Waals surface area contributed by atoms with Gasteiger partial charge in [0, 0.05) is 30.7 Å². The summed E-state index contributed by atoms with van der Waals surface area (Å²) in [7, 11) is -1.50. The van der Waals surface area contributed by atoms with E-state index in [0.717, 1.165) is 25.9 Å². The molecule has 3 N–H and O–H groups in total. The first-order chi connectivity index (χ1) is 9.97. The molecule has 1 amide bonds. The Morgan fingerprint density at radius 2 is 1.81 bits per heavy atom. The van der Waals surface area contributed by atoms with Crippen LogP contribution in [0.2, 0.25) is 0 Å². The Hall–Kier alpha value is -1.37. The van der Waals surface area contributed by atoms with Gasteiger partial charge in [-0.05, 0) is 44.3 Å². The van der Waals surface area contributed by atoms with Crippen molar-refractivity contribution in [3.05, 3.63) is 29.8 Å². The van der Waals surface area contributed by atoms with Gasteiger partial charge >= 0.3 is 7.12 Å². The molecular weight excluding hydrogens is 267 g/mol. The van der Waals surface area contributed by atoms with E-state index in [2.05, 4.69) is 24.1 Å². The fourth-order valence-corrected chi connectivity index (χ4v) is 2.64. The molecule has 0 spiro atoms. The number of benzene rings is 1. The minimum absolute atomic E-state index is 0.100. The third-order valence-corrected chi connectivity index (χ3v) is 4.07. The molecule has 1 fully saturated rings. The highest BCUT2D eigenvalue weighted by molar-refractivity contribution is 6.58. The lowest BCUT2D eigenvalue weighted by molar-refractivity contribution is 0.0900. The average Bonchev–Trinajstić information content (AvgIpc) is 2.47. The maximum atomic E-state index is 12.2. The molecule has 21 heavy (non-hydrogen) atoms. The Bertz CT molecular complexity index is 468. The van der Waals surface area contributed by atoms with Gasteiger partial charge in [-0.1, -0.05) is 12.1 Å². The van der Waals surface area contributed by atoms with E-state index in [1.807, 2.05) is 0 Å². The molecule has 1 aliphatic rings. The zero-order valence-electron chi connectivity index (χ0n) is 12.6. The quantitative estimate of drug-likeness (QED) is 0.681. The lowest BCUT2D eigenvalue weighted by Gasteiger charge is -2.34. The summed E-state index contributed by atoms with van der Waals surface area (Å²) in [6, 6.07) is 7.12. The van der Waals surface area contributed by atoms with Gasteiger partial charge in [-0.3, -0.25) is 4.79 Å². The van der Waals surface area contributed by atoms with Crippen LogP contribution in [0.15, 0.2) is 24.3 Å². The highest BCUT2D eigenvalue weighted by Gasteiger charge is 2.22. The van der Waals surface area contributed by atoms with Crippen LogP contribution in [0.5, 0.6) is 0 Å². The summed E-state index contributed by atoms with van der Waals surface area (Å²) in [5.74, 6) is -0.100.